The predicted molar refractivity (Wildman–Crippen MR) is 59.8 cm³/mol. The van der Waals surface area contributed by atoms with Crippen LogP contribution in [0.2, 0.25) is 0 Å². The summed E-state index contributed by atoms with van der Waals surface area (Å²) in [6, 6.07) is 3.64. The maximum absolute atomic E-state index is 11.1. The van der Waals surface area contributed by atoms with E-state index in [0.29, 0.717) is 0 Å². The van der Waals surface area contributed by atoms with Gasteiger partial charge in [-0.25, -0.2) is 4.99 Å². The second-order valence-electron chi connectivity index (χ2n) is 3.78. The molecule has 17 heavy (non-hydrogen) atoms. The zero-order valence-corrected chi connectivity index (χ0v) is 9.12. The smallest absolute Gasteiger partial charge is 0.246 e. The molecule has 1 aliphatic rings. The fourth-order valence-electron chi connectivity index (χ4n) is 1.63. The SMILES string of the molecule is CC1OC(c2cccc(O)c2O)=NC1C(N)=O. The van der Waals surface area contributed by atoms with Crippen LogP contribution < -0.4 is 5.73 Å². The van der Waals surface area contributed by atoms with Gasteiger partial charge >= 0.3 is 0 Å². The number of carbonyl (C=O) groups is 1. The molecule has 0 fully saturated rings. The van der Waals surface area contributed by atoms with Crippen molar-refractivity contribution in [1.82, 2.24) is 0 Å². The molecule has 1 aliphatic heterocycles. The summed E-state index contributed by atoms with van der Waals surface area (Å²) in [6.45, 7) is 1.66. The predicted octanol–water partition coefficient (Wildman–Crippen LogP) is 0.117. The van der Waals surface area contributed by atoms with Gasteiger partial charge in [0.05, 0.1) is 5.56 Å². The molecule has 1 aromatic rings. The van der Waals surface area contributed by atoms with E-state index in [4.69, 9.17) is 10.5 Å². The standard InChI is InChI=1S/C11H12N2O4/c1-5-8(10(12)16)13-11(17-5)6-3-2-4-7(14)9(6)15/h2-5,8,14-15H,1H3,(H2,12,16). The largest absolute Gasteiger partial charge is 0.504 e. The number of phenolic OH excluding ortho intramolecular Hbond substituents is 2. The van der Waals surface area contributed by atoms with E-state index in [2.05, 4.69) is 4.99 Å². The molecule has 0 saturated carbocycles. The third kappa shape index (κ3) is 1.89. The number of hydrogen-bond donors (Lipinski definition) is 3. The minimum atomic E-state index is -0.772. The van der Waals surface area contributed by atoms with E-state index >= 15 is 0 Å². The van der Waals surface area contributed by atoms with Crippen LogP contribution in [-0.2, 0) is 9.53 Å². The van der Waals surface area contributed by atoms with Gasteiger partial charge in [0.15, 0.2) is 17.5 Å². The first-order chi connectivity index (χ1) is 8.00. The summed E-state index contributed by atoms with van der Waals surface area (Å²) in [7, 11) is 0. The molecule has 4 N–H and O–H groups in total. The molecule has 6 heteroatoms. The molecule has 2 atom stereocenters. The summed E-state index contributed by atoms with van der Waals surface area (Å²) in [6.07, 6.45) is -0.482. The minimum Gasteiger partial charge on any atom is -0.504 e. The van der Waals surface area contributed by atoms with Gasteiger partial charge in [0.2, 0.25) is 11.8 Å². The quantitative estimate of drug-likeness (QED) is 0.634. The number of nitrogens with zero attached hydrogens (tertiary/aromatic N) is 1. The van der Waals surface area contributed by atoms with Crippen LogP contribution in [0.3, 0.4) is 0 Å². The van der Waals surface area contributed by atoms with Gasteiger partial charge in [-0.05, 0) is 19.1 Å². The topological polar surface area (TPSA) is 105 Å². The molecule has 0 aliphatic carbocycles. The Morgan fingerprint density at radius 2 is 2.18 bits per heavy atom. The highest BCUT2D eigenvalue weighted by Crippen LogP contribution is 2.31. The second kappa shape index (κ2) is 3.97. The highest BCUT2D eigenvalue weighted by Gasteiger charge is 2.33. The van der Waals surface area contributed by atoms with Crippen molar-refractivity contribution in [2.45, 2.75) is 19.1 Å². The van der Waals surface area contributed by atoms with Gasteiger partial charge in [0.25, 0.3) is 0 Å². The number of hydrogen-bond acceptors (Lipinski definition) is 5. The van der Waals surface area contributed by atoms with E-state index in [-0.39, 0.29) is 23.0 Å². The number of para-hydroxylation sites is 1. The second-order valence-corrected chi connectivity index (χ2v) is 3.78. The Morgan fingerprint density at radius 3 is 2.76 bits per heavy atom. The van der Waals surface area contributed by atoms with E-state index < -0.39 is 18.1 Å². The number of carbonyl (C=O) groups excluding carboxylic acids is 1. The monoisotopic (exact) mass is 236 g/mol. The Bertz CT molecular complexity index is 498. The van der Waals surface area contributed by atoms with Crippen molar-refractivity contribution in [2.24, 2.45) is 10.7 Å². The normalized spacial score (nSPS) is 23.0. The van der Waals surface area contributed by atoms with Crippen molar-refractivity contribution in [1.29, 1.82) is 0 Å². The maximum atomic E-state index is 11.1. The molecule has 90 valence electrons. The Kier molecular flexibility index (Phi) is 2.63. The third-order valence-corrected chi connectivity index (χ3v) is 2.54. The van der Waals surface area contributed by atoms with Crippen LogP contribution >= 0.6 is 0 Å². The van der Waals surface area contributed by atoms with Crippen molar-refractivity contribution >= 4 is 11.8 Å². The molecule has 0 radical (unpaired) electrons. The zero-order valence-electron chi connectivity index (χ0n) is 9.12. The first-order valence-corrected chi connectivity index (χ1v) is 5.06. The average molecular weight is 236 g/mol. The molecule has 0 spiro atoms. The van der Waals surface area contributed by atoms with Crippen molar-refractivity contribution in [3.05, 3.63) is 23.8 Å². The molecule has 2 unspecified atom stereocenters. The lowest BCUT2D eigenvalue weighted by Gasteiger charge is -2.09. The van der Waals surface area contributed by atoms with Gasteiger partial charge < -0.3 is 20.7 Å². The molecule has 6 nitrogen and oxygen atoms in total. The lowest BCUT2D eigenvalue weighted by molar-refractivity contribution is -0.120. The van der Waals surface area contributed by atoms with E-state index in [9.17, 15) is 15.0 Å². The van der Waals surface area contributed by atoms with E-state index in [1.54, 1.807) is 13.0 Å². The highest BCUT2D eigenvalue weighted by molar-refractivity contribution is 6.01. The lowest BCUT2D eigenvalue weighted by atomic mass is 10.2. The fourth-order valence-corrected chi connectivity index (χ4v) is 1.63. The summed E-state index contributed by atoms with van der Waals surface area (Å²) in [4.78, 5) is 15.1. The number of aromatic hydroxyl groups is 2. The summed E-state index contributed by atoms with van der Waals surface area (Å²) in [5, 5.41) is 19.0. The van der Waals surface area contributed by atoms with Gasteiger partial charge in [-0.15, -0.1) is 0 Å². The van der Waals surface area contributed by atoms with Gasteiger partial charge in [-0.1, -0.05) is 6.07 Å². The van der Waals surface area contributed by atoms with Gasteiger partial charge in [-0.3, -0.25) is 4.79 Å². The van der Waals surface area contributed by atoms with Gasteiger partial charge in [0, 0.05) is 0 Å². The average Bonchev–Trinajstić information content (AvgIpc) is 2.64. The van der Waals surface area contributed by atoms with Crippen LogP contribution in [0.4, 0.5) is 0 Å². The Hall–Kier alpha value is -2.24. The maximum Gasteiger partial charge on any atom is 0.246 e. The summed E-state index contributed by atoms with van der Waals surface area (Å²) in [5.41, 5.74) is 5.40. The summed E-state index contributed by atoms with van der Waals surface area (Å²) < 4.78 is 5.34. The van der Waals surface area contributed by atoms with Crippen LogP contribution in [0.15, 0.2) is 23.2 Å². The number of benzene rings is 1. The molecule has 0 aromatic heterocycles. The van der Waals surface area contributed by atoms with Crippen LogP contribution in [-0.4, -0.2) is 34.2 Å². The van der Waals surface area contributed by atoms with Crippen LogP contribution in [0, 0.1) is 0 Å². The molecule has 0 saturated heterocycles. The van der Waals surface area contributed by atoms with E-state index in [1.165, 1.54) is 12.1 Å². The Labute approximate surface area is 97.3 Å². The molecular formula is C11H12N2O4. The lowest BCUT2D eigenvalue weighted by Crippen LogP contribution is -2.33. The number of primary amides is 1. The number of rotatable bonds is 2. The first-order valence-electron chi connectivity index (χ1n) is 5.06. The number of phenols is 2. The molecule has 0 bridgehead atoms. The number of ether oxygens (including phenoxy) is 1. The molecule has 1 aromatic carbocycles. The number of amides is 1. The highest BCUT2D eigenvalue weighted by atomic mass is 16.5. The van der Waals surface area contributed by atoms with Crippen molar-refractivity contribution in [3.63, 3.8) is 0 Å². The van der Waals surface area contributed by atoms with E-state index in [0.717, 1.165) is 0 Å². The van der Waals surface area contributed by atoms with Crippen LogP contribution in [0.1, 0.15) is 12.5 Å². The number of aliphatic imine (C=N–C) groups is 1. The van der Waals surface area contributed by atoms with Gasteiger partial charge in [-0.2, -0.15) is 0 Å². The molecule has 1 amide bonds. The number of nitrogens with two attached hydrogens (primary N) is 1. The molecular weight excluding hydrogens is 224 g/mol. The molecule has 2 rings (SSSR count). The summed E-state index contributed by atoms with van der Waals surface area (Å²) >= 11 is 0. The fraction of sp³-hybridized carbons (Fsp3) is 0.273. The van der Waals surface area contributed by atoms with Crippen LogP contribution in [0.25, 0.3) is 0 Å². The van der Waals surface area contributed by atoms with E-state index in [1.807, 2.05) is 0 Å². The Balaban J connectivity index is 2.39. The van der Waals surface area contributed by atoms with Crippen LogP contribution in [0.5, 0.6) is 11.5 Å². The van der Waals surface area contributed by atoms with Crippen molar-refractivity contribution in [3.8, 4) is 11.5 Å². The summed E-state index contributed by atoms with van der Waals surface area (Å²) in [5.74, 6) is -1.09. The zero-order chi connectivity index (χ0) is 12.6. The van der Waals surface area contributed by atoms with Gasteiger partial charge in [0.1, 0.15) is 6.10 Å². The Morgan fingerprint density at radius 1 is 1.47 bits per heavy atom. The molecule has 1 heterocycles. The minimum absolute atomic E-state index is 0.106. The first kappa shape index (κ1) is 11.3. The van der Waals surface area contributed by atoms with Crippen molar-refractivity contribution < 1.29 is 19.7 Å². The van der Waals surface area contributed by atoms with Crippen molar-refractivity contribution in [2.75, 3.05) is 0 Å². The third-order valence-electron chi connectivity index (χ3n) is 2.54.